The standard InChI is InChI=1S/C23H26FN3O4/c1-6-22(2,3)19-16(7-8-26-20(19)21(25)31)27-18(30)10-13-9-17(29)14(11-15(13)24)23(4,5)12-28/h1,7-9,11,28-29H,10,12H2,2-5H3,(H2,25,31)(H,26,27,30). The normalized spacial score (nSPS) is 11.6. The number of carbonyl (C=O) groups is 2. The summed E-state index contributed by atoms with van der Waals surface area (Å²) in [6.45, 7) is 6.36. The number of hydrogen-bond donors (Lipinski definition) is 4. The van der Waals surface area contributed by atoms with Crippen LogP contribution in [-0.2, 0) is 22.0 Å². The first kappa shape index (κ1) is 23.8. The van der Waals surface area contributed by atoms with E-state index in [-0.39, 0.29) is 46.8 Å². The number of primary amides is 1. The fourth-order valence-electron chi connectivity index (χ4n) is 3.19. The molecule has 8 heteroatoms. The third-order valence-corrected chi connectivity index (χ3v) is 5.08. The highest BCUT2D eigenvalue weighted by Gasteiger charge is 2.29. The van der Waals surface area contributed by atoms with Crippen LogP contribution in [0.3, 0.4) is 0 Å². The summed E-state index contributed by atoms with van der Waals surface area (Å²) in [6, 6.07) is 3.74. The number of phenols is 1. The van der Waals surface area contributed by atoms with Crippen LogP contribution in [0.2, 0.25) is 0 Å². The van der Waals surface area contributed by atoms with E-state index in [0.29, 0.717) is 0 Å². The van der Waals surface area contributed by atoms with E-state index in [1.807, 2.05) is 0 Å². The Morgan fingerprint density at radius 3 is 2.48 bits per heavy atom. The van der Waals surface area contributed by atoms with Crippen molar-refractivity contribution < 1.29 is 24.2 Å². The average Bonchev–Trinajstić information content (AvgIpc) is 2.69. The SMILES string of the molecule is C#CC(C)(C)c1c(NC(=O)Cc2cc(O)c(C(C)(C)CO)cc2F)ccnc1C(N)=O. The Balaban J connectivity index is 2.39. The largest absolute Gasteiger partial charge is 0.508 e. The third-order valence-electron chi connectivity index (χ3n) is 5.08. The molecule has 0 aliphatic carbocycles. The Labute approximate surface area is 180 Å². The van der Waals surface area contributed by atoms with E-state index in [4.69, 9.17) is 12.2 Å². The molecule has 1 aromatic carbocycles. The van der Waals surface area contributed by atoms with E-state index >= 15 is 0 Å². The maximum Gasteiger partial charge on any atom is 0.267 e. The van der Waals surface area contributed by atoms with Crippen LogP contribution in [0, 0.1) is 18.2 Å². The number of benzene rings is 1. The minimum Gasteiger partial charge on any atom is -0.508 e. The van der Waals surface area contributed by atoms with Crippen molar-refractivity contribution in [2.45, 2.75) is 44.9 Å². The number of aliphatic hydroxyl groups excluding tert-OH is 1. The summed E-state index contributed by atoms with van der Waals surface area (Å²) < 4.78 is 14.6. The van der Waals surface area contributed by atoms with Gasteiger partial charge in [0.15, 0.2) is 0 Å². The van der Waals surface area contributed by atoms with Crippen molar-refractivity contribution in [3.05, 3.63) is 52.6 Å². The molecular formula is C23H26FN3O4. The number of nitrogens with one attached hydrogen (secondary N) is 1. The van der Waals surface area contributed by atoms with E-state index < -0.39 is 28.5 Å². The molecule has 164 valence electrons. The maximum atomic E-state index is 14.6. The number of anilines is 1. The second-order valence-electron chi connectivity index (χ2n) is 8.44. The lowest BCUT2D eigenvalue weighted by molar-refractivity contribution is -0.115. The lowest BCUT2D eigenvalue weighted by Gasteiger charge is -2.24. The van der Waals surface area contributed by atoms with Crippen LogP contribution >= 0.6 is 0 Å². The van der Waals surface area contributed by atoms with Crippen molar-refractivity contribution >= 4 is 17.5 Å². The van der Waals surface area contributed by atoms with Gasteiger partial charge in [-0.25, -0.2) is 4.39 Å². The van der Waals surface area contributed by atoms with Crippen LogP contribution in [0.25, 0.3) is 0 Å². The number of terminal acetylenes is 1. The molecular weight excluding hydrogens is 401 g/mol. The molecule has 0 saturated heterocycles. The second kappa shape index (κ2) is 8.74. The molecule has 1 heterocycles. The van der Waals surface area contributed by atoms with E-state index in [1.54, 1.807) is 27.7 Å². The van der Waals surface area contributed by atoms with Crippen LogP contribution in [0.4, 0.5) is 10.1 Å². The molecule has 5 N–H and O–H groups in total. The molecule has 0 fully saturated rings. The summed E-state index contributed by atoms with van der Waals surface area (Å²) in [4.78, 5) is 28.4. The highest BCUT2D eigenvalue weighted by Crippen LogP contribution is 2.34. The second-order valence-corrected chi connectivity index (χ2v) is 8.44. The molecule has 0 atom stereocenters. The van der Waals surface area contributed by atoms with Gasteiger partial charge in [-0.15, -0.1) is 6.42 Å². The number of aliphatic hydroxyl groups is 1. The van der Waals surface area contributed by atoms with Crippen molar-refractivity contribution in [3.8, 4) is 18.1 Å². The van der Waals surface area contributed by atoms with Gasteiger partial charge in [0.1, 0.15) is 17.3 Å². The molecule has 2 aromatic rings. The summed E-state index contributed by atoms with van der Waals surface area (Å²) in [5.74, 6) is 0.235. The van der Waals surface area contributed by atoms with Gasteiger partial charge in [0.2, 0.25) is 5.91 Å². The van der Waals surface area contributed by atoms with Gasteiger partial charge in [0.05, 0.1) is 18.4 Å². The molecule has 0 spiro atoms. The quantitative estimate of drug-likeness (QED) is 0.505. The first-order valence-corrected chi connectivity index (χ1v) is 9.53. The molecule has 1 aromatic heterocycles. The summed E-state index contributed by atoms with van der Waals surface area (Å²) >= 11 is 0. The summed E-state index contributed by atoms with van der Waals surface area (Å²) in [5, 5.41) is 22.4. The monoisotopic (exact) mass is 427 g/mol. The van der Waals surface area contributed by atoms with Crippen molar-refractivity contribution in [1.82, 2.24) is 4.98 Å². The summed E-state index contributed by atoms with van der Waals surface area (Å²) in [6.07, 6.45) is 6.51. The van der Waals surface area contributed by atoms with Gasteiger partial charge >= 0.3 is 0 Å². The van der Waals surface area contributed by atoms with Crippen molar-refractivity contribution in [3.63, 3.8) is 0 Å². The van der Waals surface area contributed by atoms with Crippen molar-refractivity contribution in [1.29, 1.82) is 0 Å². The Morgan fingerprint density at radius 1 is 1.29 bits per heavy atom. The Kier molecular flexibility index (Phi) is 6.72. The van der Waals surface area contributed by atoms with E-state index in [0.717, 1.165) is 12.1 Å². The van der Waals surface area contributed by atoms with Crippen LogP contribution in [0.1, 0.15) is 54.9 Å². The molecule has 7 nitrogen and oxygen atoms in total. The molecule has 0 aliphatic rings. The topological polar surface area (TPSA) is 126 Å². The Bertz CT molecular complexity index is 1070. The number of phenolic OH excluding ortho intramolecular Hbond substituents is 1. The number of rotatable bonds is 7. The first-order chi connectivity index (χ1) is 14.3. The predicted octanol–water partition coefficient (Wildman–Crippen LogP) is 2.39. The zero-order valence-corrected chi connectivity index (χ0v) is 17.9. The van der Waals surface area contributed by atoms with Gasteiger partial charge in [-0.05, 0) is 32.0 Å². The molecule has 0 saturated carbocycles. The molecule has 0 aliphatic heterocycles. The van der Waals surface area contributed by atoms with Gasteiger partial charge in [0.25, 0.3) is 5.91 Å². The van der Waals surface area contributed by atoms with Gasteiger partial charge in [-0.1, -0.05) is 19.8 Å². The number of aromatic hydroxyl groups is 1. The fourth-order valence-corrected chi connectivity index (χ4v) is 3.19. The van der Waals surface area contributed by atoms with Gasteiger partial charge in [-0.3, -0.25) is 14.6 Å². The summed E-state index contributed by atoms with van der Waals surface area (Å²) in [7, 11) is 0. The maximum absolute atomic E-state index is 14.6. The number of nitrogens with two attached hydrogens (primary N) is 1. The zero-order chi connectivity index (χ0) is 23.6. The number of nitrogens with zero attached hydrogens (tertiary/aromatic N) is 1. The smallest absolute Gasteiger partial charge is 0.267 e. The number of halogens is 1. The highest BCUT2D eigenvalue weighted by atomic mass is 19.1. The number of amides is 2. The van der Waals surface area contributed by atoms with E-state index in [1.165, 1.54) is 12.3 Å². The number of pyridine rings is 1. The van der Waals surface area contributed by atoms with Crippen LogP contribution in [-0.4, -0.2) is 33.6 Å². The highest BCUT2D eigenvalue weighted by molar-refractivity contribution is 5.98. The molecule has 2 rings (SSSR count). The molecule has 31 heavy (non-hydrogen) atoms. The number of aromatic nitrogens is 1. The number of carbonyl (C=O) groups excluding carboxylic acids is 2. The van der Waals surface area contributed by atoms with Crippen molar-refractivity contribution in [2.75, 3.05) is 11.9 Å². The molecule has 0 unspecified atom stereocenters. The van der Waals surface area contributed by atoms with Gasteiger partial charge in [-0.2, -0.15) is 0 Å². The van der Waals surface area contributed by atoms with Crippen LogP contribution in [0.15, 0.2) is 24.4 Å². The van der Waals surface area contributed by atoms with E-state index in [9.17, 15) is 24.2 Å². The zero-order valence-electron chi connectivity index (χ0n) is 17.9. The van der Waals surface area contributed by atoms with E-state index in [2.05, 4.69) is 16.2 Å². The predicted molar refractivity (Wildman–Crippen MR) is 115 cm³/mol. The lowest BCUT2D eigenvalue weighted by atomic mass is 9.83. The van der Waals surface area contributed by atoms with Crippen molar-refractivity contribution in [2.24, 2.45) is 5.73 Å². The Hall–Kier alpha value is -3.44. The molecule has 0 bridgehead atoms. The third kappa shape index (κ3) is 5.01. The number of hydrogen-bond acceptors (Lipinski definition) is 5. The molecule has 0 radical (unpaired) electrons. The van der Waals surface area contributed by atoms with Crippen LogP contribution in [0.5, 0.6) is 5.75 Å². The summed E-state index contributed by atoms with van der Waals surface area (Å²) in [5.41, 5.74) is 4.23. The van der Waals surface area contributed by atoms with Gasteiger partial charge < -0.3 is 21.3 Å². The van der Waals surface area contributed by atoms with Crippen LogP contribution < -0.4 is 11.1 Å². The average molecular weight is 427 g/mol. The van der Waals surface area contributed by atoms with Gasteiger partial charge in [0, 0.05) is 34.0 Å². The molecule has 2 amide bonds. The lowest BCUT2D eigenvalue weighted by Crippen LogP contribution is -2.27. The minimum atomic E-state index is -0.970. The Morgan fingerprint density at radius 2 is 1.94 bits per heavy atom. The first-order valence-electron chi connectivity index (χ1n) is 9.53. The minimum absolute atomic E-state index is 0.0329. The fraction of sp³-hybridized carbons (Fsp3) is 0.348.